The molecule has 0 saturated heterocycles. The highest BCUT2D eigenvalue weighted by molar-refractivity contribution is 5.64. The van der Waals surface area contributed by atoms with E-state index in [9.17, 15) is 4.79 Å². The van der Waals surface area contributed by atoms with Gasteiger partial charge in [0.2, 0.25) is 0 Å². The Labute approximate surface area is 129 Å². The van der Waals surface area contributed by atoms with Crippen LogP contribution >= 0.6 is 0 Å². The van der Waals surface area contributed by atoms with Crippen molar-refractivity contribution in [1.29, 1.82) is 5.26 Å². The summed E-state index contributed by atoms with van der Waals surface area (Å²) in [5.41, 5.74) is 3.50. The summed E-state index contributed by atoms with van der Waals surface area (Å²) in [4.78, 5) is 10.8. The number of ether oxygens (including phenoxy) is 1. The van der Waals surface area contributed by atoms with Gasteiger partial charge in [-0.15, -0.1) is 0 Å². The molecule has 0 fully saturated rings. The van der Waals surface area contributed by atoms with Crippen molar-refractivity contribution in [3.8, 4) is 17.2 Å². The molecule has 0 aliphatic rings. The van der Waals surface area contributed by atoms with Gasteiger partial charge in [-0.25, -0.2) is 4.79 Å². The Morgan fingerprint density at radius 3 is 2.14 bits per heavy atom. The lowest BCUT2D eigenvalue weighted by Crippen LogP contribution is -2.09. The van der Waals surface area contributed by atoms with Crippen molar-refractivity contribution in [2.75, 3.05) is 0 Å². The zero-order valence-electron chi connectivity index (χ0n) is 12.3. The van der Waals surface area contributed by atoms with Crippen LogP contribution in [0.1, 0.15) is 37.0 Å². The fraction of sp³-hybridized carbons (Fsp3) is 0.222. The molecular formula is C18H17NO3. The van der Waals surface area contributed by atoms with E-state index in [1.165, 1.54) is 0 Å². The number of carbonyl (C=O) groups is 1. The highest BCUT2D eigenvalue weighted by Gasteiger charge is 2.15. The Balaban J connectivity index is 2.20. The van der Waals surface area contributed by atoms with Gasteiger partial charge in [0.25, 0.3) is 0 Å². The first kappa shape index (κ1) is 15.6. The van der Waals surface area contributed by atoms with Gasteiger partial charge in [-0.3, -0.25) is 0 Å². The van der Waals surface area contributed by atoms with E-state index in [0.717, 1.165) is 23.1 Å². The van der Waals surface area contributed by atoms with Gasteiger partial charge in [-0.05, 0) is 35.2 Å². The molecule has 0 spiro atoms. The summed E-state index contributed by atoms with van der Waals surface area (Å²) in [6.45, 7) is 1.99. The van der Waals surface area contributed by atoms with Crippen LogP contribution in [0.4, 0.5) is 4.79 Å². The number of nitriles is 1. The zero-order chi connectivity index (χ0) is 15.9. The number of nitrogens with zero attached hydrogens (tertiary/aromatic N) is 1. The first-order chi connectivity index (χ1) is 10.6. The topological polar surface area (TPSA) is 70.3 Å². The SMILES string of the molecule is CCCC(OC(=O)O)c1ccc(-c2ccc(C#N)cc2)cc1. The van der Waals surface area contributed by atoms with Crippen molar-refractivity contribution in [2.24, 2.45) is 0 Å². The van der Waals surface area contributed by atoms with Crippen molar-refractivity contribution in [3.63, 3.8) is 0 Å². The predicted octanol–water partition coefficient (Wildman–Crippen LogP) is 4.76. The minimum atomic E-state index is -1.25. The van der Waals surface area contributed by atoms with Gasteiger partial charge in [0.05, 0.1) is 11.6 Å². The van der Waals surface area contributed by atoms with E-state index in [4.69, 9.17) is 15.1 Å². The fourth-order valence-corrected chi connectivity index (χ4v) is 2.30. The molecule has 2 rings (SSSR count). The third-order valence-electron chi connectivity index (χ3n) is 3.42. The molecule has 112 valence electrons. The van der Waals surface area contributed by atoms with E-state index in [1.807, 2.05) is 43.3 Å². The van der Waals surface area contributed by atoms with E-state index >= 15 is 0 Å². The van der Waals surface area contributed by atoms with E-state index in [-0.39, 0.29) is 0 Å². The zero-order valence-corrected chi connectivity index (χ0v) is 12.3. The van der Waals surface area contributed by atoms with Crippen molar-refractivity contribution in [3.05, 3.63) is 59.7 Å². The van der Waals surface area contributed by atoms with E-state index in [0.29, 0.717) is 12.0 Å². The maximum Gasteiger partial charge on any atom is 0.506 e. The van der Waals surface area contributed by atoms with Crippen molar-refractivity contribution in [1.82, 2.24) is 0 Å². The Kier molecular flexibility index (Phi) is 5.16. The summed E-state index contributed by atoms with van der Waals surface area (Å²) in [7, 11) is 0. The second-order valence-corrected chi connectivity index (χ2v) is 4.97. The third-order valence-corrected chi connectivity index (χ3v) is 3.42. The lowest BCUT2D eigenvalue weighted by molar-refractivity contribution is 0.0473. The molecule has 0 aromatic heterocycles. The molecule has 0 bridgehead atoms. The average molecular weight is 295 g/mol. The van der Waals surface area contributed by atoms with Crippen LogP contribution < -0.4 is 0 Å². The van der Waals surface area contributed by atoms with Crippen molar-refractivity contribution < 1.29 is 14.6 Å². The molecule has 1 unspecified atom stereocenters. The van der Waals surface area contributed by atoms with Gasteiger partial charge in [-0.1, -0.05) is 49.7 Å². The Hall–Kier alpha value is -2.80. The molecular weight excluding hydrogens is 278 g/mol. The van der Waals surface area contributed by atoms with E-state index in [2.05, 4.69) is 6.07 Å². The third kappa shape index (κ3) is 3.86. The summed E-state index contributed by atoms with van der Waals surface area (Å²) in [6, 6.07) is 17.1. The average Bonchev–Trinajstić information content (AvgIpc) is 2.54. The summed E-state index contributed by atoms with van der Waals surface area (Å²) >= 11 is 0. The summed E-state index contributed by atoms with van der Waals surface area (Å²) in [5, 5.41) is 17.6. The predicted molar refractivity (Wildman–Crippen MR) is 83.4 cm³/mol. The maximum absolute atomic E-state index is 10.8. The number of benzene rings is 2. The molecule has 22 heavy (non-hydrogen) atoms. The van der Waals surface area contributed by atoms with Gasteiger partial charge < -0.3 is 9.84 Å². The van der Waals surface area contributed by atoms with Crippen LogP contribution in [0.3, 0.4) is 0 Å². The van der Waals surface area contributed by atoms with E-state index < -0.39 is 12.3 Å². The molecule has 0 amide bonds. The molecule has 0 saturated carbocycles. The van der Waals surface area contributed by atoms with Crippen LogP contribution in [0, 0.1) is 11.3 Å². The Bertz CT molecular complexity index is 669. The quantitative estimate of drug-likeness (QED) is 0.807. The standard InChI is InChI=1S/C18H17NO3/c1-2-3-17(22-18(20)21)16-10-8-15(9-11-16)14-6-4-13(12-19)5-7-14/h4-11,17H,2-3H2,1H3,(H,20,21). The normalized spacial score (nSPS) is 11.5. The van der Waals surface area contributed by atoms with Gasteiger partial charge in [0.15, 0.2) is 0 Å². The second kappa shape index (κ2) is 7.28. The molecule has 0 radical (unpaired) electrons. The minimum Gasteiger partial charge on any atom is -0.450 e. The smallest absolute Gasteiger partial charge is 0.450 e. The summed E-state index contributed by atoms with van der Waals surface area (Å²) in [6.07, 6.45) is -0.190. The van der Waals surface area contributed by atoms with E-state index in [1.54, 1.807) is 12.1 Å². The van der Waals surface area contributed by atoms with Crippen LogP contribution in [0.15, 0.2) is 48.5 Å². The summed E-state index contributed by atoms with van der Waals surface area (Å²) in [5.74, 6) is 0. The van der Waals surface area contributed by atoms with Gasteiger partial charge in [-0.2, -0.15) is 5.26 Å². The van der Waals surface area contributed by atoms with Crippen molar-refractivity contribution >= 4 is 6.16 Å². The number of hydrogen-bond acceptors (Lipinski definition) is 3. The lowest BCUT2D eigenvalue weighted by atomic mass is 9.99. The number of rotatable bonds is 5. The largest absolute Gasteiger partial charge is 0.506 e. The molecule has 1 atom stereocenters. The second-order valence-electron chi connectivity index (χ2n) is 4.97. The molecule has 2 aromatic carbocycles. The first-order valence-electron chi connectivity index (χ1n) is 7.14. The Morgan fingerprint density at radius 1 is 1.14 bits per heavy atom. The minimum absolute atomic E-state index is 0.433. The monoisotopic (exact) mass is 295 g/mol. The molecule has 4 nitrogen and oxygen atoms in total. The van der Waals surface area contributed by atoms with Crippen LogP contribution in [-0.4, -0.2) is 11.3 Å². The molecule has 1 N–H and O–H groups in total. The van der Waals surface area contributed by atoms with Crippen molar-refractivity contribution in [2.45, 2.75) is 25.9 Å². The molecule has 4 heteroatoms. The highest BCUT2D eigenvalue weighted by atomic mass is 16.7. The van der Waals surface area contributed by atoms with Gasteiger partial charge in [0, 0.05) is 0 Å². The summed E-state index contributed by atoms with van der Waals surface area (Å²) < 4.78 is 4.93. The van der Waals surface area contributed by atoms with Gasteiger partial charge in [0.1, 0.15) is 6.10 Å². The first-order valence-corrected chi connectivity index (χ1v) is 7.14. The van der Waals surface area contributed by atoms with Gasteiger partial charge >= 0.3 is 6.16 Å². The number of hydrogen-bond donors (Lipinski definition) is 1. The lowest BCUT2D eigenvalue weighted by Gasteiger charge is -2.16. The van der Waals surface area contributed by atoms with Crippen LogP contribution in [0.5, 0.6) is 0 Å². The molecule has 2 aromatic rings. The molecule has 0 heterocycles. The molecule has 0 aliphatic carbocycles. The van der Waals surface area contributed by atoms with Crippen LogP contribution in [0.25, 0.3) is 11.1 Å². The van der Waals surface area contributed by atoms with Crippen LogP contribution in [0.2, 0.25) is 0 Å². The van der Waals surface area contributed by atoms with Crippen LogP contribution in [-0.2, 0) is 4.74 Å². The number of carboxylic acid groups (broad SMARTS) is 1. The Morgan fingerprint density at radius 2 is 1.68 bits per heavy atom. The maximum atomic E-state index is 10.8. The fourth-order valence-electron chi connectivity index (χ4n) is 2.30. The molecule has 0 aliphatic heterocycles. The highest BCUT2D eigenvalue weighted by Crippen LogP contribution is 2.26.